The van der Waals surface area contributed by atoms with Gasteiger partial charge in [-0.05, 0) is 167 Å². The summed E-state index contributed by atoms with van der Waals surface area (Å²) in [6.07, 6.45) is 4.19. The van der Waals surface area contributed by atoms with Crippen LogP contribution in [-0.2, 0) is 10.8 Å². The zero-order valence-corrected chi connectivity index (χ0v) is 38.9. The standard InChI is InChI=1S/C64H55N3/c1-5-63(6-2)57-30-20-18-28-51(57)53-36-32-49(42-59(53)63)65(44-22-12-9-13-23-44)47-34-38-61-55(40-47)56-41-48(35-39-62(56)67(61)46-26-16-11-17-27-46)66(45-24-14-10-15-25-45)50-33-37-54-52-29-19-21-31-58(52)64(7-3,8-4)60(54)43-50/h9-43H,5-8H2,1-4H3. The summed E-state index contributed by atoms with van der Waals surface area (Å²) < 4.78 is 2.44. The number of hydrogen-bond acceptors (Lipinski definition) is 2. The van der Waals surface area contributed by atoms with Crippen molar-refractivity contribution in [1.82, 2.24) is 4.57 Å². The number of para-hydroxylation sites is 3. The van der Waals surface area contributed by atoms with Crippen LogP contribution in [0.5, 0.6) is 0 Å². The fourth-order valence-electron chi connectivity index (χ4n) is 12.4. The maximum Gasteiger partial charge on any atom is 0.0542 e. The second-order valence-electron chi connectivity index (χ2n) is 18.5. The van der Waals surface area contributed by atoms with Gasteiger partial charge in [0.05, 0.1) is 11.0 Å². The molecule has 2 aliphatic rings. The molecule has 0 spiro atoms. The first-order valence-electron chi connectivity index (χ1n) is 24.3. The molecule has 0 N–H and O–H groups in total. The topological polar surface area (TPSA) is 11.4 Å². The van der Waals surface area contributed by atoms with Crippen LogP contribution in [-0.4, -0.2) is 4.57 Å². The van der Waals surface area contributed by atoms with E-state index in [4.69, 9.17) is 0 Å². The summed E-state index contributed by atoms with van der Waals surface area (Å²) in [7, 11) is 0. The summed E-state index contributed by atoms with van der Waals surface area (Å²) in [5, 5.41) is 2.41. The van der Waals surface area contributed by atoms with E-state index in [1.165, 1.54) is 77.7 Å². The number of anilines is 6. The molecule has 0 bridgehead atoms. The van der Waals surface area contributed by atoms with Crippen LogP contribution >= 0.6 is 0 Å². The van der Waals surface area contributed by atoms with E-state index >= 15 is 0 Å². The molecule has 0 radical (unpaired) electrons. The molecule has 0 saturated heterocycles. The van der Waals surface area contributed by atoms with Gasteiger partial charge in [0.2, 0.25) is 0 Å². The van der Waals surface area contributed by atoms with Crippen molar-refractivity contribution in [1.29, 1.82) is 0 Å². The zero-order chi connectivity index (χ0) is 45.3. The zero-order valence-electron chi connectivity index (χ0n) is 38.9. The first-order valence-corrected chi connectivity index (χ1v) is 24.3. The van der Waals surface area contributed by atoms with Crippen LogP contribution < -0.4 is 9.80 Å². The molecule has 1 aromatic heterocycles. The molecule has 67 heavy (non-hydrogen) atoms. The predicted octanol–water partition coefficient (Wildman–Crippen LogP) is 17.9. The van der Waals surface area contributed by atoms with Gasteiger partial charge >= 0.3 is 0 Å². The van der Waals surface area contributed by atoms with Crippen molar-refractivity contribution in [2.45, 2.75) is 64.2 Å². The van der Waals surface area contributed by atoms with Gasteiger partial charge in [0, 0.05) is 61.4 Å². The number of aromatic nitrogens is 1. The number of hydrogen-bond donors (Lipinski definition) is 0. The highest BCUT2D eigenvalue weighted by atomic mass is 15.2. The largest absolute Gasteiger partial charge is 0.310 e. The third-order valence-electron chi connectivity index (χ3n) is 15.7. The van der Waals surface area contributed by atoms with Crippen molar-refractivity contribution in [3.63, 3.8) is 0 Å². The predicted molar refractivity (Wildman–Crippen MR) is 284 cm³/mol. The smallest absolute Gasteiger partial charge is 0.0542 e. The fourth-order valence-corrected chi connectivity index (χ4v) is 12.4. The minimum atomic E-state index is -0.0320. The normalized spacial score (nSPS) is 13.9. The van der Waals surface area contributed by atoms with Crippen molar-refractivity contribution in [2.75, 3.05) is 9.80 Å². The number of fused-ring (bicyclic) bond motifs is 9. The molecule has 0 saturated carbocycles. The Bertz CT molecular complexity index is 3250. The molecule has 0 fully saturated rings. The molecule has 3 nitrogen and oxygen atoms in total. The molecule has 3 heteroatoms. The molecular formula is C64H55N3. The van der Waals surface area contributed by atoms with Crippen molar-refractivity contribution in [2.24, 2.45) is 0 Å². The van der Waals surface area contributed by atoms with Crippen LogP contribution in [0.15, 0.2) is 212 Å². The second kappa shape index (κ2) is 16.1. The summed E-state index contributed by atoms with van der Waals surface area (Å²) >= 11 is 0. The number of rotatable bonds is 11. The molecule has 9 aromatic carbocycles. The van der Waals surface area contributed by atoms with E-state index in [-0.39, 0.29) is 10.8 Å². The molecule has 12 rings (SSSR count). The van der Waals surface area contributed by atoms with Crippen LogP contribution in [0.3, 0.4) is 0 Å². The van der Waals surface area contributed by atoms with Crippen molar-refractivity contribution in [3.8, 4) is 27.9 Å². The SMILES string of the molecule is CCC1(CC)c2ccccc2-c2ccc(N(c3ccccc3)c3ccc4c(c3)c3cc(N(c5ccccc5)c5ccc6c(c5)C(CC)(CC)c5ccccc5-6)ccc3n4-c3ccccc3)cc21. The molecule has 2 aliphatic carbocycles. The summed E-state index contributed by atoms with van der Waals surface area (Å²) in [6.45, 7) is 9.42. The Hall–Kier alpha value is -7.62. The first kappa shape index (κ1) is 40.9. The maximum absolute atomic E-state index is 2.49. The number of nitrogens with zero attached hydrogens (tertiary/aromatic N) is 3. The van der Waals surface area contributed by atoms with Gasteiger partial charge in [-0.1, -0.05) is 143 Å². The first-order chi connectivity index (χ1) is 33.0. The van der Waals surface area contributed by atoms with Gasteiger partial charge in [-0.3, -0.25) is 0 Å². The maximum atomic E-state index is 2.49. The van der Waals surface area contributed by atoms with E-state index in [2.05, 4.69) is 254 Å². The quantitative estimate of drug-likeness (QED) is 0.128. The lowest BCUT2D eigenvalue weighted by Crippen LogP contribution is -2.23. The molecule has 0 atom stereocenters. The Labute approximate surface area is 395 Å². The summed E-state index contributed by atoms with van der Waals surface area (Å²) in [5.74, 6) is 0. The molecule has 1 heterocycles. The third kappa shape index (κ3) is 6.10. The lowest BCUT2D eigenvalue weighted by atomic mass is 9.74. The van der Waals surface area contributed by atoms with Crippen molar-refractivity contribution >= 4 is 55.9 Å². The highest BCUT2D eigenvalue weighted by molar-refractivity contribution is 6.12. The minimum absolute atomic E-state index is 0.0320. The fraction of sp³-hybridized carbons (Fsp3) is 0.156. The Kier molecular flexibility index (Phi) is 9.80. The van der Waals surface area contributed by atoms with Gasteiger partial charge in [0.25, 0.3) is 0 Å². The molecule has 10 aromatic rings. The molecule has 0 aliphatic heterocycles. The van der Waals surface area contributed by atoms with Gasteiger partial charge in [-0.25, -0.2) is 0 Å². The van der Waals surface area contributed by atoms with Crippen LogP contribution in [0.2, 0.25) is 0 Å². The van der Waals surface area contributed by atoms with Crippen LogP contribution in [0.4, 0.5) is 34.1 Å². The Morgan fingerprint density at radius 1 is 0.313 bits per heavy atom. The van der Waals surface area contributed by atoms with Gasteiger partial charge in [-0.15, -0.1) is 0 Å². The van der Waals surface area contributed by atoms with E-state index in [0.29, 0.717) is 0 Å². The summed E-state index contributed by atoms with van der Waals surface area (Å²) in [6, 6.07) is 79.3. The Balaban J connectivity index is 1.07. The Morgan fingerprint density at radius 2 is 0.657 bits per heavy atom. The van der Waals surface area contributed by atoms with Crippen molar-refractivity contribution < 1.29 is 0 Å². The lowest BCUT2D eigenvalue weighted by molar-refractivity contribution is 0.490. The third-order valence-corrected chi connectivity index (χ3v) is 15.7. The molecular weight excluding hydrogens is 811 g/mol. The average Bonchev–Trinajstić information content (AvgIpc) is 3.98. The molecule has 0 unspecified atom stereocenters. The Morgan fingerprint density at radius 3 is 1.07 bits per heavy atom. The lowest BCUT2D eigenvalue weighted by Gasteiger charge is -2.32. The highest BCUT2D eigenvalue weighted by Crippen LogP contribution is 2.56. The summed E-state index contributed by atoms with van der Waals surface area (Å²) in [4.78, 5) is 4.92. The van der Waals surface area contributed by atoms with Crippen LogP contribution in [0.25, 0.3) is 49.7 Å². The van der Waals surface area contributed by atoms with E-state index in [1.807, 2.05) is 0 Å². The highest BCUT2D eigenvalue weighted by Gasteiger charge is 2.42. The van der Waals surface area contributed by atoms with Gasteiger partial charge in [0.15, 0.2) is 0 Å². The average molecular weight is 866 g/mol. The van der Waals surface area contributed by atoms with Gasteiger partial charge < -0.3 is 14.4 Å². The van der Waals surface area contributed by atoms with Crippen LogP contribution in [0, 0.1) is 0 Å². The van der Waals surface area contributed by atoms with Gasteiger partial charge in [-0.2, -0.15) is 0 Å². The van der Waals surface area contributed by atoms with E-state index in [0.717, 1.165) is 54.1 Å². The van der Waals surface area contributed by atoms with Crippen molar-refractivity contribution in [3.05, 3.63) is 235 Å². The molecule has 326 valence electrons. The second-order valence-corrected chi connectivity index (χ2v) is 18.5. The monoisotopic (exact) mass is 865 g/mol. The summed E-state index contributed by atoms with van der Waals surface area (Å²) in [5.41, 5.74) is 21.5. The molecule has 0 amide bonds. The van der Waals surface area contributed by atoms with Crippen LogP contribution in [0.1, 0.15) is 75.6 Å². The number of benzene rings is 9. The van der Waals surface area contributed by atoms with E-state index in [1.54, 1.807) is 0 Å². The minimum Gasteiger partial charge on any atom is -0.310 e. The van der Waals surface area contributed by atoms with Gasteiger partial charge in [0.1, 0.15) is 0 Å². The van der Waals surface area contributed by atoms with E-state index < -0.39 is 0 Å². The van der Waals surface area contributed by atoms with E-state index in [9.17, 15) is 0 Å².